The standard InChI is InChI=1S/C15H19ClO2/c1-15(2,3)14(17)18-13-9-5-6-10-11(13)7-4-8-12(10)16/h5-6,9,12H,4,7-8H2,1-3H3/t12-/m0/s1. The first-order valence-electron chi connectivity index (χ1n) is 6.38. The molecule has 1 aliphatic carbocycles. The molecule has 1 atom stereocenters. The Morgan fingerprint density at radius 1 is 1.39 bits per heavy atom. The minimum absolute atomic E-state index is 0.0436. The zero-order valence-electron chi connectivity index (χ0n) is 11.1. The lowest BCUT2D eigenvalue weighted by Gasteiger charge is -2.24. The Morgan fingerprint density at radius 2 is 2.11 bits per heavy atom. The van der Waals surface area contributed by atoms with E-state index in [1.165, 1.54) is 0 Å². The molecule has 0 radical (unpaired) electrons. The molecule has 0 saturated heterocycles. The molecule has 2 nitrogen and oxygen atoms in total. The van der Waals surface area contributed by atoms with E-state index in [1.54, 1.807) is 0 Å². The molecule has 1 aromatic rings. The van der Waals surface area contributed by atoms with Crippen molar-refractivity contribution in [3.63, 3.8) is 0 Å². The number of carbonyl (C=O) groups is 1. The van der Waals surface area contributed by atoms with Gasteiger partial charge in [-0.05, 0) is 57.2 Å². The molecule has 18 heavy (non-hydrogen) atoms. The number of carbonyl (C=O) groups excluding carboxylic acids is 1. The van der Waals surface area contributed by atoms with Crippen molar-refractivity contribution in [1.82, 2.24) is 0 Å². The molecule has 2 rings (SSSR count). The van der Waals surface area contributed by atoms with E-state index in [0.29, 0.717) is 5.75 Å². The number of ether oxygens (including phenoxy) is 1. The summed E-state index contributed by atoms with van der Waals surface area (Å²) in [4.78, 5) is 11.9. The average Bonchev–Trinajstić information content (AvgIpc) is 2.29. The van der Waals surface area contributed by atoms with Crippen LogP contribution < -0.4 is 4.74 Å². The predicted molar refractivity (Wildman–Crippen MR) is 73.1 cm³/mol. The van der Waals surface area contributed by atoms with Crippen LogP contribution in [0.1, 0.15) is 50.1 Å². The van der Waals surface area contributed by atoms with Crippen molar-refractivity contribution in [2.45, 2.75) is 45.4 Å². The first-order valence-corrected chi connectivity index (χ1v) is 6.81. The third-order valence-electron chi connectivity index (χ3n) is 3.21. The fourth-order valence-electron chi connectivity index (χ4n) is 2.11. The van der Waals surface area contributed by atoms with Gasteiger partial charge in [-0.2, -0.15) is 0 Å². The van der Waals surface area contributed by atoms with Crippen molar-refractivity contribution in [2.75, 3.05) is 0 Å². The molecule has 0 bridgehead atoms. The summed E-state index contributed by atoms with van der Waals surface area (Å²) in [5, 5.41) is 0.0436. The summed E-state index contributed by atoms with van der Waals surface area (Å²) >= 11 is 6.31. The molecule has 98 valence electrons. The summed E-state index contributed by atoms with van der Waals surface area (Å²) in [6.45, 7) is 5.57. The summed E-state index contributed by atoms with van der Waals surface area (Å²) < 4.78 is 5.53. The van der Waals surface area contributed by atoms with Crippen LogP contribution in [0.25, 0.3) is 0 Å². The van der Waals surface area contributed by atoms with Crippen molar-refractivity contribution in [3.05, 3.63) is 29.3 Å². The van der Waals surface area contributed by atoms with E-state index in [9.17, 15) is 4.79 Å². The van der Waals surface area contributed by atoms with Crippen LogP contribution in [0.2, 0.25) is 0 Å². The molecular formula is C15H19ClO2. The molecule has 0 aromatic heterocycles. The van der Waals surface area contributed by atoms with E-state index < -0.39 is 5.41 Å². The van der Waals surface area contributed by atoms with Crippen molar-refractivity contribution in [3.8, 4) is 5.75 Å². The molecule has 0 N–H and O–H groups in total. The quantitative estimate of drug-likeness (QED) is 0.431. The molecule has 0 unspecified atom stereocenters. The first kappa shape index (κ1) is 13.4. The van der Waals surface area contributed by atoms with Crippen molar-refractivity contribution < 1.29 is 9.53 Å². The predicted octanol–water partition coefficient (Wildman–Crippen LogP) is 4.25. The van der Waals surface area contributed by atoms with Gasteiger partial charge in [0.05, 0.1) is 10.8 Å². The summed E-state index contributed by atoms with van der Waals surface area (Å²) in [6, 6.07) is 5.79. The summed E-state index contributed by atoms with van der Waals surface area (Å²) in [5.74, 6) is 0.477. The van der Waals surface area contributed by atoms with E-state index in [1.807, 2.05) is 39.0 Å². The highest BCUT2D eigenvalue weighted by molar-refractivity contribution is 6.21. The van der Waals surface area contributed by atoms with Gasteiger partial charge in [-0.1, -0.05) is 12.1 Å². The Morgan fingerprint density at radius 3 is 2.78 bits per heavy atom. The summed E-state index contributed by atoms with van der Waals surface area (Å²) in [7, 11) is 0. The number of halogens is 1. The fraction of sp³-hybridized carbons (Fsp3) is 0.533. The molecular weight excluding hydrogens is 248 g/mol. The third-order valence-corrected chi connectivity index (χ3v) is 3.66. The number of esters is 1. The maximum absolute atomic E-state index is 11.9. The lowest BCUT2D eigenvalue weighted by molar-refractivity contribution is -0.143. The van der Waals surface area contributed by atoms with Crippen molar-refractivity contribution >= 4 is 17.6 Å². The van der Waals surface area contributed by atoms with E-state index >= 15 is 0 Å². The molecule has 0 amide bonds. The molecule has 0 saturated carbocycles. The van der Waals surface area contributed by atoms with E-state index in [-0.39, 0.29) is 11.3 Å². The van der Waals surface area contributed by atoms with Gasteiger partial charge < -0.3 is 4.74 Å². The first-order chi connectivity index (χ1) is 8.39. The van der Waals surface area contributed by atoms with Crippen LogP contribution >= 0.6 is 11.6 Å². The monoisotopic (exact) mass is 266 g/mol. The number of benzene rings is 1. The summed E-state index contributed by atoms with van der Waals surface area (Å²) in [6.07, 6.45) is 2.97. The molecule has 3 heteroatoms. The Hall–Kier alpha value is -1.02. The number of hydrogen-bond acceptors (Lipinski definition) is 2. The van der Waals surface area contributed by atoms with Crippen LogP contribution in [-0.4, -0.2) is 5.97 Å². The molecule has 0 aliphatic heterocycles. The zero-order chi connectivity index (χ0) is 13.3. The third kappa shape index (κ3) is 2.69. The van der Waals surface area contributed by atoms with Crippen LogP contribution in [0.5, 0.6) is 5.75 Å². The van der Waals surface area contributed by atoms with Gasteiger partial charge in [-0.25, -0.2) is 0 Å². The largest absolute Gasteiger partial charge is 0.426 e. The normalized spacial score (nSPS) is 19.2. The summed E-state index contributed by atoms with van der Waals surface area (Å²) in [5.41, 5.74) is 1.72. The Labute approximate surface area is 113 Å². The van der Waals surface area contributed by atoms with E-state index in [2.05, 4.69) is 0 Å². The number of hydrogen-bond donors (Lipinski definition) is 0. The minimum Gasteiger partial charge on any atom is -0.426 e. The highest BCUT2D eigenvalue weighted by Gasteiger charge is 2.27. The van der Waals surface area contributed by atoms with Crippen LogP contribution in [0.3, 0.4) is 0 Å². The maximum atomic E-state index is 11.9. The van der Waals surface area contributed by atoms with Crippen molar-refractivity contribution in [2.24, 2.45) is 5.41 Å². The molecule has 0 spiro atoms. The van der Waals surface area contributed by atoms with Gasteiger partial charge in [0, 0.05) is 0 Å². The molecule has 0 heterocycles. The Bertz CT molecular complexity index is 460. The second-order valence-corrected chi connectivity index (χ2v) is 6.35. The average molecular weight is 267 g/mol. The second-order valence-electron chi connectivity index (χ2n) is 5.82. The Kier molecular flexibility index (Phi) is 3.67. The van der Waals surface area contributed by atoms with Crippen LogP contribution in [0.4, 0.5) is 0 Å². The smallest absolute Gasteiger partial charge is 0.316 e. The topological polar surface area (TPSA) is 26.3 Å². The maximum Gasteiger partial charge on any atom is 0.316 e. The van der Waals surface area contributed by atoms with Gasteiger partial charge in [-0.3, -0.25) is 4.79 Å². The number of fused-ring (bicyclic) bond motifs is 1. The van der Waals surface area contributed by atoms with Gasteiger partial charge in [0.25, 0.3) is 0 Å². The molecule has 1 aliphatic rings. The fourth-order valence-corrected chi connectivity index (χ4v) is 2.46. The van der Waals surface area contributed by atoms with Gasteiger partial charge in [0.1, 0.15) is 5.75 Å². The van der Waals surface area contributed by atoms with Crippen LogP contribution in [0.15, 0.2) is 18.2 Å². The number of rotatable bonds is 1. The lowest BCUT2D eigenvalue weighted by atomic mass is 9.90. The SMILES string of the molecule is CC(C)(C)C(=O)Oc1cccc2c1CCC[C@@H]2Cl. The van der Waals surface area contributed by atoms with E-state index in [0.717, 1.165) is 30.4 Å². The highest BCUT2D eigenvalue weighted by atomic mass is 35.5. The minimum atomic E-state index is -0.488. The zero-order valence-corrected chi connectivity index (χ0v) is 11.9. The second kappa shape index (κ2) is 4.93. The number of alkyl halides is 1. The van der Waals surface area contributed by atoms with Crippen molar-refractivity contribution in [1.29, 1.82) is 0 Å². The van der Waals surface area contributed by atoms with Gasteiger partial charge in [0.15, 0.2) is 0 Å². The molecule has 0 fully saturated rings. The van der Waals surface area contributed by atoms with Gasteiger partial charge in [-0.15, -0.1) is 11.6 Å². The molecule has 1 aromatic carbocycles. The van der Waals surface area contributed by atoms with E-state index in [4.69, 9.17) is 16.3 Å². The van der Waals surface area contributed by atoms with Gasteiger partial charge in [0.2, 0.25) is 0 Å². The Balaban J connectivity index is 2.30. The van der Waals surface area contributed by atoms with Crippen LogP contribution in [-0.2, 0) is 11.2 Å². The van der Waals surface area contributed by atoms with Gasteiger partial charge >= 0.3 is 5.97 Å². The highest BCUT2D eigenvalue weighted by Crippen LogP contribution is 2.39. The lowest BCUT2D eigenvalue weighted by Crippen LogP contribution is -2.26. The van der Waals surface area contributed by atoms with Crippen LogP contribution in [0, 0.1) is 5.41 Å².